The van der Waals surface area contributed by atoms with Crippen LogP contribution in [0.1, 0.15) is 20.7 Å². The fourth-order valence-corrected chi connectivity index (χ4v) is 2.63. The van der Waals surface area contributed by atoms with E-state index in [9.17, 15) is 14.7 Å². The Bertz CT molecular complexity index is 973. The Hall–Kier alpha value is -3.54. The van der Waals surface area contributed by atoms with Gasteiger partial charge in [0.15, 0.2) is 7.28 Å². The lowest BCUT2D eigenvalue weighted by Gasteiger charge is -2.12. The highest BCUT2D eigenvalue weighted by atomic mass is 16.5. The molecule has 0 unspecified atom stereocenters. The molecule has 0 heterocycles. The number of para-hydroxylation sites is 1. The van der Waals surface area contributed by atoms with Crippen LogP contribution in [0.15, 0.2) is 72.8 Å². The zero-order valence-corrected chi connectivity index (χ0v) is 14.8. The Morgan fingerprint density at radius 3 is 2.41 bits per heavy atom. The summed E-state index contributed by atoms with van der Waals surface area (Å²) in [7, 11) is 0.807. The van der Waals surface area contributed by atoms with Crippen molar-refractivity contribution in [1.29, 1.82) is 0 Å². The highest BCUT2D eigenvalue weighted by Gasteiger charge is 2.15. The van der Waals surface area contributed by atoms with Crippen LogP contribution in [0.4, 0.5) is 5.69 Å². The van der Waals surface area contributed by atoms with E-state index in [4.69, 9.17) is 4.74 Å². The summed E-state index contributed by atoms with van der Waals surface area (Å²) >= 11 is 0. The van der Waals surface area contributed by atoms with Crippen molar-refractivity contribution in [2.24, 2.45) is 0 Å². The lowest BCUT2D eigenvalue weighted by atomic mass is 9.73. The normalized spacial score (nSPS) is 10.1. The predicted octanol–water partition coefficient (Wildman–Crippen LogP) is 3.54. The summed E-state index contributed by atoms with van der Waals surface area (Å²) in [5.74, 6) is -0.444. The van der Waals surface area contributed by atoms with E-state index < -0.39 is 5.97 Å². The van der Waals surface area contributed by atoms with Gasteiger partial charge >= 0.3 is 5.97 Å². The van der Waals surface area contributed by atoms with Crippen LogP contribution >= 0.6 is 0 Å². The Balaban J connectivity index is 1.88. The number of ether oxygens (including phenoxy) is 1. The Morgan fingerprint density at radius 2 is 1.70 bits per heavy atom. The zero-order chi connectivity index (χ0) is 19.2. The van der Waals surface area contributed by atoms with Crippen LogP contribution in [0.3, 0.4) is 0 Å². The third-order valence-corrected chi connectivity index (χ3v) is 4.05. The number of carboxylic acids is 1. The smallest absolute Gasteiger partial charge is 0.337 e. The number of anilines is 1. The largest absolute Gasteiger partial charge is 0.478 e. The SMILES string of the molecule is CBc1cccc(C(=O)Nc2cc(Oc3ccccc3)ccc2C(=O)O)c1. The number of aromatic carboxylic acids is 1. The fourth-order valence-electron chi connectivity index (χ4n) is 2.63. The summed E-state index contributed by atoms with van der Waals surface area (Å²) in [4.78, 5) is 24.1. The summed E-state index contributed by atoms with van der Waals surface area (Å²) in [5, 5.41) is 12.1. The minimum Gasteiger partial charge on any atom is -0.478 e. The predicted molar refractivity (Wildman–Crippen MR) is 107 cm³/mol. The minimum atomic E-state index is -1.13. The molecule has 0 spiro atoms. The van der Waals surface area contributed by atoms with Gasteiger partial charge in [-0.3, -0.25) is 4.79 Å². The average Bonchev–Trinajstić information content (AvgIpc) is 2.68. The molecule has 0 saturated heterocycles. The van der Waals surface area contributed by atoms with E-state index in [2.05, 4.69) is 5.32 Å². The monoisotopic (exact) mass is 359 g/mol. The first-order valence-electron chi connectivity index (χ1n) is 8.57. The number of rotatable bonds is 6. The molecule has 0 aliphatic rings. The van der Waals surface area contributed by atoms with E-state index in [-0.39, 0.29) is 17.2 Å². The summed E-state index contributed by atoms with van der Waals surface area (Å²) in [5.41, 5.74) is 1.68. The highest BCUT2D eigenvalue weighted by Crippen LogP contribution is 2.27. The zero-order valence-electron chi connectivity index (χ0n) is 14.8. The van der Waals surface area contributed by atoms with Crippen molar-refractivity contribution in [1.82, 2.24) is 0 Å². The molecule has 0 radical (unpaired) electrons. The molecule has 6 heteroatoms. The second-order valence-corrected chi connectivity index (χ2v) is 5.94. The number of hydrogen-bond acceptors (Lipinski definition) is 3. The van der Waals surface area contributed by atoms with Crippen LogP contribution in [0.5, 0.6) is 11.5 Å². The van der Waals surface area contributed by atoms with E-state index in [1.807, 2.05) is 31.1 Å². The molecule has 0 saturated carbocycles. The Labute approximate surface area is 157 Å². The number of amides is 1. The Kier molecular flexibility index (Phi) is 5.57. The van der Waals surface area contributed by atoms with Gasteiger partial charge in [-0.2, -0.15) is 0 Å². The molecule has 2 N–H and O–H groups in total. The van der Waals surface area contributed by atoms with Crippen LogP contribution < -0.4 is 15.5 Å². The molecule has 0 aliphatic carbocycles. The summed E-state index contributed by atoms with van der Waals surface area (Å²) in [6.07, 6.45) is 0. The van der Waals surface area contributed by atoms with E-state index in [0.29, 0.717) is 17.1 Å². The fraction of sp³-hybridized carbons (Fsp3) is 0.0476. The van der Waals surface area contributed by atoms with Gasteiger partial charge < -0.3 is 15.2 Å². The molecule has 0 atom stereocenters. The lowest BCUT2D eigenvalue weighted by molar-refractivity contribution is 0.0698. The van der Waals surface area contributed by atoms with Crippen molar-refractivity contribution in [3.63, 3.8) is 0 Å². The number of carbonyl (C=O) groups excluding carboxylic acids is 1. The molecule has 5 nitrogen and oxygen atoms in total. The van der Waals surface area contributed by atoms with E-state index in [1.165, 1.54) is 12.1 Å². The second kappa shape index (κ2) is 8.23. The van der Waals surface area contributed by atoms with Crippen molar-refractivity contribution in [2.45, 2.75) is 6.82 Å². The first-order valence-corrected chi connectivity index (χ1v) is 8.57. The number of carboxylic acid groups (broad SMARTS) is 1. The molecule has 0 aromatic heterocycles. The van der Waals surface area contributed by atoms with Crippen molar-refractivity contribution in [3.05, 3.63) is 83.9 Å². The van der Waals surface area contributed by atoms with Crippen molar-refractivity contribution >= 4 is 30.3 Å². The Morgan fingerprint density at radius 1 is 0.926 bits per heavy atom. The molecule has 3 aromatic carbocycles. The molecular formula is C21H18BNO4. The van der Waals surface area contributed by atoms with Crippen molar-refractivity contribution in [3.8, 4) is 11.5 Å². The van der Waals surface area contributed by atoms with Crippen molar-refractivity contribution in [2.75, 3.05) is 5.32 Å². The first-order chi connectivity index (χ1) is 13.1. The number of benzene rings is 3. The van der Waals surface area contributed by atoms with Crippen LogP contribution in [-0.4, -0.2) is 24.3 Å². The molecule has 1 amide bonds. The maximum absolute atomic E-state index is 12.6. The summed E-state index contributed by atoms with van der Waals surface area (Å²) < 4.78 is 5.73. The van der Waals surface area contributed by atoms with Gasteiger partial charge in [-0.1, -0.05) is 48.7 Å². The molecule has 0 bridgehead atoms. The van der Waals surface area contributed by atoms with Gasteiger partial charge in [-0.15, -0.1) is 0 Å². The van der Waals surface area contributed by atoms with E-state index >= 15 is 0 Å². The standard InChI is InChI=1S/C21H18BNO4/c1-22-15-7-5-6-14(12-15)20(24)23-19-13-17(10-11-18(19)21(25)26)27-16-8-3-2-4-9-16/h2-13,22H,1H3,(H,23,24)(H,25,26). The third kappa shape index (κ3) is 4.55. The van der Waals surface area contributed by atoms with Gasteiger partial charge in [-0.05, 0) is 30.3 Å². The molecule has 0 aliphatic heterocycles. The van der Waals surface area contributed by atoms with Crippen LogP contribution in [0.2, 0.25) is 6.82 Å². The van der Waals surface area contributed by atoms with Gasteiger partial charge in [0.2, 0.25) is 0 Å². The minimum absolute atomic E-state index is 0.00425. The molecule has 0 fully saturated rings. The van der Waals surface area contributed by atoms with Gasteiger partial charge in [0.1, 0.15) is 11.5 Å². The number of carbonyl (C=O) groups is 2. The topological polar surface area (TPSA) is 75.6 Å². The highest BCUT2D eigenvalue weighted by molar-refractivity contribution is 6.52. The molecule has 3 rings (SSSR count). The van der Waals surface area contributed by atoms with E-state index in [1.54, 1.807) is 36.4 Å². The molecular weight excluding hydrogens is 341 g/mol. The van der Waals surface area contributed by atoms with Gasteiger partial charge in [-0.25, -0.2) is 4.79 Å². The van der Waals surface area contributed by atoms with Crippen LogP contribution in [0.25, 0.3) is 0 Å². The average molecular weight is 359 g/mol. The van der Waals surface area contributed by atoms with Gasteiger partial charge in [0, 0.05) is 11.6 Å². The summed E-state index contributed by atoms with van der Waals surface area (Å²) in [6.45, 7) is 2.00. The maximum atomic E-state index is 12.6. The van der Waals surface area contributed by atoms with Gasteiger partial charge in [0.05, 0.1) is 11.3 Å². The quantitative estimate of drug-likeness (QED) is 0.660. The summed E-state index contributed by atoms with van der Waals surface area (Å²) in [6, 6.07) is 20.8. The van der Waals surface area contributed by atoms with Crippen molar-refractivity contribution < 1.29 is 19.4 Å². The maximum Gasteiger partial charge on any atom is 0.337 e. The van der Waals surface area contributed by atoms with Gasteiger partial charge in [0.25, 0.3) is 5.91 Å². The molecule has 27 heavy (non-hydrogen) atoms. The molecule has 134 valence electrons. The van der Waals surface area contributed by atoms with Crippen LogP contribution in [-0.2, 0) is 0 Å². The third-order valence-electron chi connectivity index (χ3n) is 4.05. The second-order valence-electron chi connectivity index (χ2n) is 5.94. The van der Waals surface area contributed by atoms with Crippen LogP contribution in [0, 0.1) is 0 Å². The molecule has 3 aromatic rings. The number of hydrogen-bond donors (Lipinski definition) is 2. The number of nitrogens with one attached hydrogen (secondary N) is 1. The first kappa shape index (κ1) is 18.3. The lowest BCUT2D eigenvalue weighted by Crippen LogP contribution is -2.18. The van der Waals surface area contributed by atoms with E-state index in [0.717, 1.165) is 12.7 Å².